The summed E-state index contributed by atoms with van der Waals surface area (Å²) < 4.78 is 24.4. The summed E-state index contributed by atoms with van der Waals surface area (Å²) in [5.41, 5.74) is 0.938. The highest BCUT2D eigenvalue weighted by atomic mass is 19.1. The lowest BCUT2D eigenvalue weighted by atomic mass is 10.2. The maximum Gasteiger partial charge on any atom is 0.187 e. The van der Waals surface area contributed by atoms with E-state index in [1.54, 1.807) is 44.6 Å². The first-order valence-corrected chi connectivity index (χ1v) is 6.62. The lowest BCUT2D eigenvalue weighted by Crippen LogP contribution is -2.00. The minimum atomic E-state index is -0.352. The van der Waals surface area contributed by atoms with Crippen LogP contribution in [0.2, 0.25) is 0 Å². The monoisotopic (exact) mass is 299 g/mol. The van der Waals surface area contributed by atoms with E-state index in [1.807, 2.05) is 0 Å². The van der Waals surface area contributed by atoms with Gasteiger partial charge >= 0.3 is 0 Å². The molecule has 0 bridgehead atoms. The van der Waals surface area contributed by atoms with Gasteiger partial charge in [0, 0.05) is 5.39 Å². The Balaban J connectivity index is 2.13. The zero-order chi connectivity index (χ0) is 15.5. The van der Waals surface area contributed by atoms with Crippen LogP contribution in [-0.2, 0) is 0 Å². The van der Waals surface area contributed by atoms with E-state index in [-0.39, 0.29) is 5.82 Å². The molecule has 6 heteroatoms. The highest BCUT2D eigenvalue weighted by Crippen LogP contribution is 2.36. The minimum absolute atomic E-state index is 0.345. The maximum atomic E-state index is 13.8. The Morgan fingerprint density at radius 2 is 1.82 bits per heavy atom. The average Bonchev–Trinajstić information content (AvgIpc) is 2.56. The van der Waals surface area contributed by atoms with Gasteiger partial charge in [-0.05, 0) is 24.3 Å². The third-order valence-corrected chi connectivity index (χ3v) is 3.28. The van der Waals surface area contributed by atoms with Crippen molar-refractivity contribution in [2.75, 3.05) is 19.5 Å². The average molecular weight is 299 g/mol. The van der Waals surface area contributed by atoms with Crippen molar-refractivity contribution in [3.63, 3.8) is 0 Å². The molecule has 0 spiro atoms. The van der Waals surface area contributed by atoms with Gasteiger partial charge in [0.15, 0.2) is 11.5 Å². The van der Waals surface area contributed by atoms with Crippen LogP contribution >= 0.6 is 0 Å². The first-order chi connectivity index (χ1) is 10.7. The van der Waals surface area contributed by atoms with Gasteiger partial charge < -0.3 is 14.8 Å². The van der Waals surface area contributed by atoms with Crippen LogP contribution in [0.4, 0.5) is 15.9 Å². The van der Waals surface area contributed by atoms with Crippen molar-refractivity contribution in [1.82, 2.24) is 9.97 Å². The molecule has 0 saturated carbocycles. The van der Waals surface area contributed by atoms with Gasteiger partial charge in [0.25, 0.3) is 0 Å². The molecule has 0 aliphatic carbocycles. The Kier molecular flexibility index (Phi) is 3.74. The van der Waals surface area contributed by atoms with Crippen LogP contribution in [0.15, 0.2) is 42.7 Å². The van der Waals surface area contributed by atoms with Crippen LogP contribution in [-0.4, -0.2) is 24.2 Å². The molecule has 0 saturated heterocycles. The SMILES string of the molecule is COc1ccc2c(Nc3ccccc3F)ncnc2c1OC. The van der Waals surface area contributed by atoms with E-state index in [0.29, 0.717) is 33.9 Å². The largest absolute Gasteiger partial charge is 0.493 e. The van der Waals surface area contributed by atoms with Crippen molar-refractivity contribution in [1.29, 1.82) is 0 Å². The number of fused-ring (bicyclic) bond motifs is 1. The van der Waals surface area contributed by atoms with Crippen LogP contribution in [0.3, 0.4) is 0 Å². The number of halogens is 1. The quantitative estimate of drug-likeness (QED) is 0.798. The van der Waals surface area contributed by atoms with Crippen molar-refractivity contribution < 1.29 is 13.9 Å². The number of anilines is 2. The molecule has 0 unspecified atom stereocenters. The van der Waals surface area contributed by atoms with Gasteiger partial charge in [-0.15, -0.1) is 0 Å². The van der Waals surface area contributed by atoms with E-state index in [2.05, 4.69) is 15.3 Å². The fourth-order valence-corrected chi connectivity index (χ4v) is 2.23. The molecule has 1 aromatic heterocycles. The summed E-state index contributed by atoms with van der Waals surface area (Å²) in [5, 5.41) is 3.69. The molecule has 1 heterocycles. The van der Waals surface area contributed by atoms with Crippen LogP contribution in [0.25, 0.3) is 10.9 Å². The number of aromatic nitrogens is 2. The minimum Gasteiger partial charge on any atom is -0.493 e. The molecule has 22 heavy (non-hydrogen) atoms. The van der Waals surface area contributed by atoms with Crippen LogP contribution < -0.4 is 14.8 Å². The Labute approximate surface area is 126 Å². The molecule has 112 valence electrons. The van der Waals surface area contributed by atoms with Gasteiger partial charge in [-0.2, -0.15) is 0 Å². The standard InChI is InChI=1S/C16H14FN3O2/c1-21-13-8-7-10-14(15(13)22-2)18-9-19-16(10)20-12-6-4-3-5-11(12)17/h3-9H,1-2H3,(H,18,19,20). The van der Waals surface area contributed by atoms with Gasteiger partial charge in [0.1, 0.15) is 23.5 Å². The Hall–Kier alpha value is -2.89. The zero-order valence-corrected chi connectivity index (χ0v) is 12.1. The molecule has 5 nitrogen and oxygen atoms in total. The number of nitrogens with one attached hydrogen (secondary N) is 1. The second kappa shape index (κ2) is 5.85. The number of hydrogen-bond acceptors (Lipinski definition) is 5. The van der Waals surface area contributed by atoms with E-state index < -0.39 is 0 Å². The fraction of sp³-hybridized carbons (Fsp3) is 0.125. The second-order valence-corrected chi connectivity index (χ2v) is 4.52. The van der Waals surface area contributed by atoms with E-state index in [9.17, 15) is 4.39 Å². The van der Waals surface area contributed by atoms with E-state index >= 15 is 0 Å². The first kappa shape index (κ1) is 14.1. The lowest BCUT2D eigenvalue weighted by molar-refractivity contribution is 0.358. The molecule has 0 atom stereocenters. The Morgan fingerprint density at radius 1 is 1.00 bits per heavy atom. The molecule has 0 aliphatic heterocycles. The number of ether oxygens (including phenoxy) is 2. The summed E-state index contributed by atoms with van der Waals surface area (Å²) in [5.74, 6) is 1.23. The zero-order valence-electron chi connectivity index (χ0n) is 12.1. The smallest absolute Gasteiger partial charge is 0.187 e. The summed E-state index contributed by atoms with van der Waals surface area (Å²) in [7, 11) is 3.10. The van der Waals surface area contributed by atoms with Crippen molar-refractivity contribution in [2.24, 2.45) is 0 Å². The Bertz CT molecular complexity index is 824. The molecule has 2 aromatic carbocycles. The van der Waals surface area contributed by atoms with E-state index in [4.69, 9.17) is 9.47 Å². The highest BCUT2D eigenvalue weighted by molar-refractivity contribution is 5.95. The van der Waals surface area contributed by atoms with Crippen molar-refractivity contribution in [3.8, 4) is 11.5 Å². The number of benzene rings is 2. The van der Waals surface area contributed by atoms with Crippen LogP contribution in [0.5, 0.6) is 11.5 Å². The predicted octanol–water partition coefficient (Wildman–Crippen LogP) is 3.53. The molecule has 0 amide bonds. The first-order valence-electron chi connectivity index (χ1n) is 6.62. The van der Waals surface area contributed by atoms with Crippen molar-refractivity contribution in [2.45, 2.75) is 0 Å². The number of rotatable bonds is 4. The molecule has 0 fully saturated rings. The maximum absolute atomic E-state index is 13.8. The van der Waals surface area contributed by atoms with Gasteiger partial charge in [0.05, 0.1) is 19.9 Å². The summed E-state index contributed by atoms with van der Waals surface area (Å²) in [6.45, 7) is 0. The number of nitrogens with zero attached hydrogens (tertiary/aromatic N) is 2. The number of methoxy groups -OCH3 is 2. The molecule has 3 aromatic rings. The van der Waals surface area contributed by atoms with Crippen LogP contribution in [0, 0.1) is 5.82 Å². The molecule has 1 N–H and O–H groups in total. The van der Waals surface area contributed by atoms with E-state index in [0.717, 1.165) is 0 Å². The van der Waals surface area contributed by atoms with Gasteiger partial charge in [-0.25, -0.2) is 14.4 Å². The fourth-order valence-electron chi connectivity index (χ4n) is 2.23. The summed E-state index contributed by atoms with van der Waals surface area (Å²) in [6.07, 6.45) is 1.40. The second-order valence-electron chi connectivity index (χ2n) is 4.52. The lowest BCUT2D eigenvalue weighted by Gasteiger charge is -2.13. The molecule has 3 rings (SSSR count). The molecular formula is C16H14FN3O2. The number of hydrogen-bond donors (Lipinski definition) is 1. The van der Waals surface area contributed by atoms with E-state index in [1.165, 1.54) is 12.4 Å². The van der Waals surface area contributed by atoms with Gasteiger partial charge in [-0.3, -0.25) is 0 Å². The van der Waals surface area contributed by atoms with Gasteiger partial charge in [-0.1, -0.05) is 12.1 Å². The third-order valence-electron chi connectivity index (χ3n) is 3.28. The highest BCUT2D eigenvalue weighted by Gasteiger charge is 2.14. The summed E-state index contributed by atoms with van der Waals surface area (Å²) >= 11 is 0. The predicted molar refractivity (Wildman–Crippen MR) is 82.3 cm³/mol. The summed E-state index contributed by atoms with van der Waals surface area (Å²) in [4.78, 5) is 8.42. The topological polar surface area (TPSA) is 56.3 Å². The number of para-hydroxylation sites is 1. The molecular weight excluding hydrogens is 285 g/mol. The Morgan fingerprint density at radius 3 is 2.55 bits per heavy atom. The van der Waals surface area contributed by atoms with Gasteiger partial charge in [0.2, 0.25) is 0 Å². The molecule has 0 aliphatic rings. The van der Waals surface area contributed by atoms with Crippen molar-refractivity contribution in [3.05, 3.63) is 48.5 Å². The summed E-state index contributed by atoms with van der Waals surface area (Å²) in [6, 6.07) is 9.97. The normalized spacial score (nSPS) is 10.5. The van der Waals surface area contributed by atoms with Crippen molar-refractivity contribution >= 4 is 22.4 Å². The molecule has 0 radical (unpaired) electrons. The third kappa shape index (κ3) is 2.39. The van der Waals surface area contributed by atoms with Crippen LogP contribution in [0.1, 0.15) is 0 Å².